The number of tetrazole rings is 1. The van der Waals surface area contributed by atoms with Gasteiger partial charge in [0.15, 0.2) is 11.5 Å². The summed E-state index contributed by atoms with van der Waals surface area (Å²) < 4.78 is 53.4. The zero-order valence-corrected chi connectivity index (χ0v) is 11.2. The Kier molecular flexibility index (Phi) is 3.39. The van der Waals surface area contributed by atoms with E-state index in [-0.39, 0.29) is 11.5 Å². The lowest BCUT2D eigenvalue weighted by Gasteiger charge is -2.11. The van der Waals surface area contributed by atoms with Gasteiger partial charge in [-0.1, -0.05) is 0 Å². The minimum Gasteiger partial charge on any atom is -0.368 e. The summed E-state index contributed by atoms with van der Waals surface area (Å²) in [7, 11) is 0. The van der Waals surface area contributed by atoms with Gasteiger partial charge < -0.3 is 5.73 Å². The molecule has 0 unspecified atom stereocenters. The molecule has 2 N–H and O–H groups in total. The summed E-state index contributed by atoms with van der Waals surface area (Å²) in [5.41, 5.74) is 3.79. The minimum absolute atomic E-state index is 0.246. The smallest absolute Gasteiger partial charge is 0.368 e. The predicted molar refractivity (Wildman–Crippen MR) is 69.6 cm³/mol. The molecule has 2 aromatic heterocycles. The Morgan fingerprint density at radius 1 is 1.09 bits per heavy atom. The SMILES string of the molecule is Nc1ncc(-c2nnnn2-c2ccc(F)cc2)c(C(F)(F)F)n1. The Bertz CT molecular complexity index is 841. The highest BCUT2D eigenvalue weighted by molar-refractivity contribution is 5.60. The van der Waals surface area contributed by atoms with Gasteiger partial charge in [0, 0.05) is 6.20 Å². The van der Waals surface area contributed by atoms with Gasteiger partial charge in [-0.15, -0.1) is 5.10 Å². The van der Waals surface area contributed by atoms with Gasteiger partial charge in [0.2, 0.25) is 5.95 Å². The van der Waals surface area contributed by atoms with Gasteiger partial charge in [-0.25, -0.2) is 14.4 Å². The highest BCUT2D eigenvalue weighted by Crippen LogP contribution is 2.35. The standard InChI is InChI=1S/C12H7F4N7/c13-6-1-3-7(4-2-6)23-10(20-21-22-23)8-5-18-11(17)19-9(8)12(14,15)16/h1-5H,(H2,17,18,19). The Balaban J connectivity index is 2.18. The van der Waals surface area contributed by atoms with Crippen LogP contribution in [0, 0.1) is 5.82 Å². The van der Waals surface area contributed by atoms with E-state index in [2.05, 4.69) is 25.5 Å². The summed E-state index contributed by atoms with van der Waals surface area (Å²) in [5, 5.41) is 10.6. The highest BCUT2D eigenvalue weighted by atomic mass is 19.4. The largest absolute Gasteiger partial charge is 0.434 e. The Morgan fingerprint density at radius 3 is 2.43 bits per heavy atom. The van der Waals surface area contributed by atoms with E-state index in [0.29, 0.717) is 0 Å². The van der Waals surface area contributed by atoms with E-state index in [0.717, 1.165) is 23.0 Å². The molecular weight excluding hydrogens is 318 g/mol. The molecule has 0 saturated heterocycles. The predicted octanol–water partition coefficient (Wildman–Crippen LogP) is 1.86. The third kappa shape index (κ3) is 2.80. The second-order valence-electron chi connectivity index (χ2n) is 4.38. The summed E-state index contributed by atoms with van der Waals surface area (Å²) in [6.45, 7) is 0. The van der Waals surface area contributed by atoms with Crippen molar-refractivity contribution in [3.05, 3.63) is 42.0 Å². The van der Waals surface area contributed by atoms with Gasteiger partial charge in [-0.05, 0) is 34.7 Å². The van der Waals surface area contributed by atoms with Crippen molar-refractivity contribution >= 4 is 5.95 Å². The molecule has 0 atom stereocenters. The average molecular weight is 325 g/mol. The highest BCUT2D eigenvalue weighted by Gasteiger charge is 2.38. The maximum absolute atomic E-state index is 13.1. The number of alkyl halides is 3. The number of hydrogen-bond acceptors (Lipinski definition) is 6. The number of hydrogen-bond donors (Lipinski definition) is 1. The van der Waals surface area contributed by atoms with E-state index in [4.69, 9.17) is 5.73 Å². The van der Waals surface area contributed by atoms with Crippen LogP contribution in [0.25, 0.3) is 17.1 Å². The van der Waals surface area contributed by atoms with E-state index >= 15 is 0 Å². The van der Waals surface area contributed by atoms with Crippen molar-refractivity contribution in [2.75, 3.05) is 5.73 Å². The first-order valence-electron chi connectivity index (χ1n) is 6.10. The quantitative estimate of drug-likeness (QED) is 0.723. The van der Waals surface area contributed by atoms with E-state index in [9.17, 15) is 17.6 Å². The van der Waals surface area contributed by atoms with Crippen molar-refractivity contribution in [3.63, 3.8) is 0 Å². The molecular formula is C12H7F4N7. The molecule has 1 aromatic carbocycles. The van der Waals surface area contributed by atoms with Gasteiger partial charge in [-0.2, -0.15) is 17.9 Å². The number of benzene rings is 1. The minimum atomic E-state index is -4.77. The summed E-state index contributed by atoms with van der Waals surface area (Å²) in [4.78, 5) is 6.78. The molecule has 2 heterocycles. The van der Waals surface area contributed by atoms with Crippen molar-refractivity contribution in [2.45, 2.75) is 6.18 Å². The van der Waals surface area contributed by atoms with Crippen molar-refractivity contribution in [1.82, 2.24) is 30.2 Å². The molecule has 3 rings (SSSR count). The first-order chi connectivity index (χ1) is 10.9. The van der Waals surface area contributed by atoms with Crippen LogP contribution >= 0.6 is 0 Å². The topological polar surface area (TPSA) is 95.4 Å². The van der Waals surface area contributed by atoms with Crippen LogP contribution in [0.5, 0.6) is 0 Å². The summed E-state index contributed by atoms with van der Waals surface area (Å²) in [5.74, 6) is -1.28. The maximum atomic E-state index is 13.1. The van der Waals surface area contributed by atoms with Crippen LogP contribution in [0.2, 0.25) is 0 Å². The second-order valence-corrected chi connectivity index (χ2v) is 4.38. The zero-order chi connectivity index (χ0) is 16.6. The molecule has 0 bridgehead atoms. The van der Waals surface area contributed by atoms with Gasteiger partial charge in [0.25, 0.3) is 0 Å². The van der Waals surface area contributed by atoms with Crippen LogP contribution in [0.4, 0.5) is 23.5 Å². The molecule has 0 spiro atoms. The number of nitrogens with zero attached hydrogens (tertiary/aromatic N) is 6. The zero-order valence-electron chi connectivity index (χ0n) is 11.2. The first-order valence-corrected chi connectivity index (χ1v) is 6.10. The molecule has 11 heteroatoms. The molecule has 0 fully saturated rings. The number of rotatable bonds is 2. The van der Waals surface area contributed by atoms with Crippen molar-refractivity contribution < 1.29 is 17.6 Å². The number of nitrogen functional groups attached to an aromatic ring is 1. The number of halogens is 4. The third-order valence-corrected chi connectivity index (χ3v) is 2.86. The molecule has 23 heavy (non-hydrogen) atoms. The maximum Gasteiger partial charge on any atom is 0.434 e. The molecule has 3 aromatic rings. The second kappa shape index (κ2) is 5.26. The van der Waals surface area contributed by atoms with Crippen LogP contribution in [0.15, 0.2) is 30.5 Å². The van der Waals surface area contributed by atoms with Crippen molar-refractivity contribution in [3.8, 4) is 17.1 Å². The number of nitrogens with two attached hydrogens (primary N) is 1. The van der Waals surface area contributed by atoms with Gasteiger partial charge >= 0.3 is 6.18 Å². The molecule has 0 aliphatic carbocycles. The summed E-state index contributed by atoms with van der Waals surface area (Å²) >= 11 is 0. The monoisotopic (exact) mass is 325 g/mol. The lowest BCUT2D eigenvalue weighted by Crippen LogP contribution is -2.14. The lowest BCUT2D eigenvalue weighted by molar-refractivity contribution is -0.140. The van der Waals surface area contributed by atoms with E-state index in [1.54, 1.807) is 0 Å². The molecule has 0 radical (unpaired) electrons. The molecule has 118 valence electrons. The molecule has 0 saturated carbocycles. The van der Waals surface area contributed by atoms with E-state index in [1.807, 2.05) is 0 Å². The summed E-state index contributed by atoms with van der Waals surface area (Å²) in [6.07, 6.45) is -3.89. The van der Waals surface area contributed by atoms with Crippen LogP contribution < -0.4 is 5.73 Å². The number of aromatic nitrogens is 6. The lowest BCUT2D eigenvalue weighted by atomic mass is 10.2. The van der Waals surface area contributed by atoms with Crippen LogP contribution in [-0.2, 0) is 6.18 Å². The van der Waals surface area contributed by atoms with Crippen molar-refractivity contribution in [1.29, 1.82) is 0 Å². The Hall–Kier alpha value is -3.11. The van der Waals surface area contributed by atoms with Gasteiger partial charge in [0.05, 0.1) is 11.3 Å². The van der Waals surface area contributed by atoms with Crippen LogP contribution in [0.3, 0.4) is 0 Å². The van der Waals surface area contributed by atoms with E-state index in [1.165, 1.54) is 12.1 Å². The van der Waals surface area contributed by atoms with E-state index < -0.39 is 29.2 Å². The number of anilines is 1. The Labute approximate surface area is 125 Å². The average Bonchev–Trinajstić information content (AvgIpc) is 2.96. The fraction of sp³-hybridized carbons (Fsp3) is 0.0833. The molecule has 0 aliphatic rings. The normalized spacial score (nSPS) is 11.7. The van der Waals surface area contributed by atoms with Gasteiger partial charge in [-0.3, -0.25) is 0 Å². The summed E-state index contributed by atoms with van der Waals surface area (Å²) in [6, 6.07) is 4.90. The van der Waals surface area contributed by atoms with Crippen LogP contribution in [0.1, 0.15) is 5.69 Å². The van der Waals surface area contributed by atoms with Crippen LogP contribution in [-0.4, -0.2) is 30.2 Å². The fourth-order valence-corrected chi connectivity index (χ4v) is 1.89. The first kappa shape index (κ1) is 14.8. The molecule has 0 amide bonds. The molecule has 7 nitrogen and oxygen atoms in total. The fourth-order valence-electron chi connectivity index (χ4n) is 1.89. The van der Waals surface area contributed by atoms with Gasteiger partial charge in [0.1, 0.15) is 5.82 Å². The molecule has 0 aliphatic heterocycles. The Morgan fingerprint density at radius 2 is 1.78 bits per heavy atom. The van der Waals surface area contributed by atoms with Crippen molar-refractivity contribution in [2.24, 2.45) is 0 Å². The third-order valence-electron chi connectivity index (χ3n) is 2.86.